The van der Waals surface area contributed by atoms with Gasteiger partial charge in [0, 0.05) is 18.5 Å². The number of rotatable bonds is 4. The highest BCUT2D eigenvalue weighted by atomic mass is 16.2. The summed E-state index contributed by atoms with van der Waals surface area (Å²) in [6.07, 6.45) is 0.520. The number of amides is 3. The number of likely N-dealkylation sites (tertiary alicyclic amines) is 1. The van der Waals surface area contributed by atoms with Crippen LogP contribution in [0, 0.1) is 0 Å². The van der Waals surface area contributed by atoms with E-state index in [9.17, 15) is 14.4 Å². The normalized spacial score (nSPS) is 14.9. The van der Waals surface area contributed by atoms with Gasteiger partial charge in [-0.25, -0.2) is 0 Å². The summed E-state index contributed by atoms with van der Waals surface area (Å²) in [5.74, 6) is -0.665. The number of imide groups is 1. The minimum Gasteiger partial charge on any atom is -0.325 e. The third-order valence-corrected chi connectivity index (χ3v) is 2.96. The fraction of sp³-hybridized carbons (Fsp3) is 0.308. The van der Waals surface area contributed by atoms with Gasteiger partial charge in [0.25, 0.3) is 0 Å². The molecule has 1 saturated heterocycles. The van der Waals surface area contributed by atoms with Crippen LogP contribution in [0.5, 0.6) is 0 Å². The molecule has 1 heterocycles. The van der Waals surface area contributed by atoms with E-state index in [1.54, 1.807) is 24.3 Å². The van der Waals surface area contributed by atoms with Crippen LogP contribution in [0.3, 0.4) is 0 Å². The summed E-state index contributed by atoms with van der Waals surface area (Å²) in [4.78, 5) is 35.7. The second kappa shape index (κ2) is 5.62. The van der Waals surface area contributed by atoms with E-state index in [4.69, 9.17) is 5.73 Å². The summed E-state index contributed by atoms with van der Waals surface area (Å²) < 4.78 is 0. The monoisotopic (exact) mass is 261 g/mol. The number of nitrogens with one attached hydrogen (secondary N) is 1. The van der Waals surface area contributed by atoms with Gasteiger partial charge in [0.2, 0.25) is 17.7 Å². The van der Waals surface area contributed by atoms with Crippen molar-refractivity contribution in [2.45, 2.75) is 19.4 Å². The molecule has 1 fully saturated rings. The first kappa shape index (κ1) is 13.2. The molecular weight excluding hydrogens is 246 g/mol. The molecule has 0 aliphatic carbocycles. The molecule has 6 nitrogen and oxygen atoms in total. The molecule has 1 aromatic carbocycles. The lowest BCUT2D eigenvalue weighted by atomic mass is 10.1. The molecule has 0 aromatic heterocycles. The summed E-state index contributed by atoms with van der Waals surface area (Å²) >= 11 is 0. The topological polar surface area (TPSA) is 92.5 Å². The summed E-state index contributed by atoms with van der Waals surface area (Å²) in [7, 11) is 0. The number of nitrogens with zero attached hydrogens (tertiary/aromatic N) is 1. The van der Waals surface area contributed by atoms with Crippen molar-refractivity contribution >= 4 is 23.4 Å². The fourth-order valence-corrected chi connectivity index (χ4v) is 1.95. The van der Waals surface area contributed by atoms with Crippen molar-refractivity contribution in [3.63, 3.8) is 0 Å². The van der Waals surface area contributed by atoms with Crippen molar-refractivity contribution in [2.75, 3.05) is 11.9 Å². The van der Waals surface area contributed by atoms with Gasteiger partial charge in [0.1, 0.15) is 0 Å². The van der Waals surface area contributed by atoms with Crippen LogP contribution >= 0.6 is 0 Å². The van der Waals surface area contributed by atoms with Gasteiger partial charge in [-0.05, 0) is 11.6 Å². The number of carbonyl (C=O) groups excluding carboxylic acids is 3. The Morgan fingerprint density at radius 2 is 1.84 bits per heavy atom. The number of para-hydroxylation sites is 1. The summed E-state index contributed by atoms with van der Waals surface area (Å²) in [5, 5.41) is 2.65. The van der Waals surface area contributed by atoms with Gasteiger partial charge in [-0.15, -0.1) is 0 Å². The zero-order chi connectivity index (χ0) is 13.8. The Labute approximate surface area is 110 Å². The number of carbonyl (C=O) groups is 3. The zero-order valence-electron chi connectivity index (χ0n) is 10.4. The van der Waals surface area contributed by atoms with Crippen LogP contribution in [0.2, 0.25) is 0 Å². The largest absolute Gasteiger partial charge is 0.325 e. The average molecular weight is 261 g/mol. The minimum atomic E-state index is -0.313. The Hall–Kier alpha value is -2.21. The predicted molar refractivity (Wildman–Crippen MR) is 68.9 cm³/mol. The van der Waals surface area contributed by atoms with Crippen molar-refractivity contribution < 1.29 is 14.4 Å². The third kappa shape index (κ3) is 2.97. The molecule has 2 rings (SSSR count). The third-order valence-electron chi connectivity index (χ3n) is 2.96. The Kier molecular flexibility index (Phi) is 3.91. The fourth-order valence-electron chi connectivity index (χ4n) is 1.95. The van der Waals surface area contributed by atoms with Crippen LogP contribution < -0.4 is 11.1 Å². The molecule has 0 spiro atoms. The highest BCUT2D eigenvalue weighted by Crippen LogP contribution is 2.21. The van der Waals surface area contributed by atoms with E-state index in [0.29, 0.717) is 11.3 Å². The standard InChI is InChI=1S/C13H15N3O3/c14-7-11(17)15-10-4-2-1-3-9(10)8-16-12(18)5-6-13(16)19/h1-4H,5-8,14H2,(H,15,17). The molecule has 19 heavy (non-hydrogen) atoms. The van der Waals surface area contributed by atoms with Crippen molar-refractivity contribution in [3.8, 4) is 0 Å². The Balaban J connectivity index is 2.18. The SMILES string of the molecule is NCC(=O)Nc1ccccc1CN1C(=O)CCC1=O. The van der Waals surface area contributed by atoms with Crippen LogP contribution in [-0.4, -0.2) is 29.2 Å². The number of anilines is 1. The smallest absolute Gasteiger partial charge is 0.238 e. The lowest BCUT2D eigenvalue weighted by Gasteiger charge is -2.16. The maximum Gasteiger partial charge on any atom is 0.238 e. The van der Waals surface area contributed by atoms with Gasteiger partial charge in [0.15, 0.2) is 0 Å². The number of benzene rings is 1. The van der Waals surface area contributed by atoms with Crippen molar-refractivity contribution in [2.24, 2.45) is 5.73 Å². The molecule has 1 aliphatic heterocycles. The van der Waals surface area contributed by atoms with Gasteiger partial charge in [-0.2, -0.15) is 0 Å². The molecule has 1 aliphatic rings. The van der Waals surface area contributed by atoms with Crippen molar-refractivity contribution in [1.29, 1.82) is 0 Å². The Morgan fingerprint density at radius 3 is 2.47 bits per heavy atom. The van der Waals surface area contributed by atoms with Gasteiger partial charge >= 0.3 is 0 Å². The second-order valence-corrected chi connectivity index (χ2v) is 4.28. The molecule has 0 saturated carbocycles. The van der Waals surface area contributed by atoms with E-state index in [0.717, 1.165) is 0 Å². The second-order valence-electron chi connectivity index (χ2n) is 4.28. The van der Waals surface area contributed by atoms with Gasteiger partial charge in [0.05, 0.1) is 13.1 Å². The lowest BCUT2D eigenvalue weighted by Crippen LogP contribution is -2.29. The lowest BCUT2D eigenvalue weighted by molar-refractivity contribution is -0.139. The van der Waals surface area contributed by atoms with E-state index < -0.39 is 0 Å². The van der Waals surface area contributed by atoms with E-state index in [1.165, 1.54) is 4.90 Å². The first-order chi connectivity index (χ1) is 9.11. The first-order valence-corrected chi connectivity index (χ1v) is 6.03. The molecule has 0 radical (unpaired) electrons. The van der Waals surface area contributed by atoms with E-state index in [1.807, 2.05) is 0 Å². The van der Waals surface area contributed by atoms with Crippen molar-refractivity contribution in [1.82, 2.24) is 4.90 Å². The predicted octanol–water partition coefficient (Wildman–Crippen LogP) is 0.233. The number of hydrogen-bond donors (Lipinski definition) is 2. The molecule has 100 valence electrons. The van der Waals surface area contributed by atoms with Gasteiger partial charge in [-0.3, -0.25) is 19.3 Å². The molecule has 0 bridgehead atoms. The zero-order valence-corrected chi connectivity index (χ0v) is 10.4. The van der Waals surface area contributed by atoms with Gasteiger partial charge in [-0.1, -0.05) is 18.2 Å². The Morgan fingerprint density at radius 1 is 1.21 bits per heavy atom. The molecule has 3 amide bonds. The quantitative estimate of drug-likeness (QED) is 0.759. The van der Waals surface area contributed by atoms with Crippen LogP contribution in [0.4, 0.5) is 5.69 Å². The summed E-state index contributed by atoms with van der Waals surface area (Å²) in [5.41, 5.74) is 6.54. The summed E-state index contributed by atoms with van der Waals surface area (Å²) in [6.45, 7) is 0.0641. The molecule has 6 heteroatoms. The van der Waals surface area contributed by atoms with Crippen molar-refractivity contribution in [3.05, 3.63) is 29.8 Å². The Bertz CT molecular complexity index is 512. The number of nitrogens with two attached hydrogens (primary N) is 1. The van der Waals surface area contributed by atoms with Gasteiger partial charge < -0.3 is 11.1 Å². The van der Waals surface area contributed by atoms with E-state index in [2.05, 4.69) is 5.32 Å². The average Bonchev–Trinajstić information content (AvgIpc) is 2.72. The van der Waals surface area contributed by atoms with E-state index >= 15 is 0 Å². The maximum atomic E-state index is 11.6. The van der Waals surface area contributed by atoms with Crippen LogP contribution in [0.1, 0.15) is 18.4 Å². The van der Waals surface area contributed by atoms with E-state index in [-0.39, 0.29) is 43.7 Å². The molecule has 0 unspecified atom stereocenters. The van der Waals surface area contributed by atoms with Crippen LogP contribution in [0.15, 0.2) is 24.3 Å². The molecular formula is C13H15N3O3. The number of hydrogen-bond acceptors (Lipinski definition) is 4. The minimum absolute atomic E-state index is 0.115. The van der Waals surface area contributed by atoms with Crippen LogP contribution in [-0.2, 0) is 20.9 Å². The molecule has 3 N–H and O–H groups in total. The first-order valence-electron chi connectivity index (χ1n) is 6.03. The highest BCUT2D eigenvalue weighted by molar-refractivity contribution is 6.02. The molecule has 0 atom stereocenters. The summed E-state index contributed by atoms with van der Waals surface area (Å²) in [6, 6.07) is 7.04. The highest BCUT2D eigenvalue weighted by Gasteiger charge is 2.29. The maximum absolute atomic E-state index is 11.6. The van der Waals surface area contributed by atoms with Crippen LogP contribution in [0.25, 0.3) is 0 Å². The molecule has 1 aromatic rings.